The molecule has 0 spiro atoms. The molecular formula is C19H15N7O4S. The van der Waals surface area contributed by atoms with E-state index in [1.54, 1.807) is 24.5 Å². The number of fused-ring (bicyclic) bond motifs is 1. The van der Waals surface area contributed by atoms with Crippen molar-refractivity contribution in [3.05, 3.63) is 52.8 Å². The number of piperidine rings is 1. The molecule has 4 amide bonds. The second-order valence-corrected chi connectivity index (χ2v) is 7.92. The van der Waals surface area contributed by atoms with Crippen molar-refractivity contribution in [3.8, 4) is 5.69 Å². The van der Waals surface area contributed by atoms with E-state index in [9.17, 15) is 19.2 Å². The Balaban J connectivity index is 1.37. The van der Waals surface area contributed by atoms with E-state index in [0.717, 1.165) is 10.0 Å². The van der Waals surface area contributed by atoms with Crippen molar-refractivity contribution in [1.82, 2.24) is 30.2 Å². The second kappa shape index (κ2) is 7.40. The predicted octanol–water partition coefficient (Wildman–Crippen LogP) is 0.737. The van der Waals surface area contributed by atoms with E-state index in [4.69, 9.17) is 0 Å². The Labute approximate surface area is 179 Å². The van der Waals surface area contributed by atoms with Crippen LogP contribution < -0.4 is 10.6 Å². The van der Waals surface area contributed by atoms with E-state index < -0.39 is 29.7 Å². The highest BCUT2D eigenvalue weighted by Gasteiger charge is 2.44. The molecule has 2 aliphatic heterocycles. The molecule has 1 fully saturated rings. The zero-order chi connectivity index (χ0) is 21.5. The number of carbonyl (C=O) groups is 4. The van der Waals surface area contributed by atoms with Crippen molar-refractivity contribution in [2.45, 2.75) is 25.4 Å². The van der Waals surface area contributed by atoms with Gasteiger partial charge in [-0.25, -0.2) is 9.67 Å². The number of aromatic nitrogens is 4. The van der Waals surface area contributed by atoms with Gasteiger partial charge in [-0.2, -0.15) is 0 Å². The smallest absolute Gasteiger partial charge is 0.262 e. The maximum atomic E-state index is 12.9. The summed E-state index contributed by atoms with van der Waals surface area (Å²) in [6.45, 7) is 0.430. The molecule has 1 atom stereocenters. The third-order valence-corrected chi connectivity index (χ3v) is 5.81. The van der Waals surface area contributed by atoms with Crippen molar-refractivity contribution in [2.24, 2.45) is 0 Å². The van der Waals surface area contributed by atoms with Crippen LogP contribution >= 0.6 is 11.3 Å². The van der Waals surface area contributed by atoms with Gasteiger partial charge in [0, 0.05) is 18.0 Å². The van der Waals surface area contributed by atoms with Gasteiger partial charge in [0.15, 0.2) is 5.13 Å². The summed E-state index contributed by atoms with van der Waals surface area (Å²) in [5.41, 5.74) is 1.62. The van der Waals surface area contributed by atoms with Crippen LogP contribution in [-0.4, -0.2) is 54.5 Å². The first-order valence-electron chi connectivity index (χ1n) is 9.42. The molecule has 2 N–H and O–H groups in total. The summed E-state index contributed by atoms with van der Waals surface area (Å²) in [6, 6.07) is 3.74. The summed E-state index contributed by atoms with van der Waals surface area (Å²) in [5.74, 6) is -2.17. The monoisotopic (exact) mass is 437 g/mol. The maximum Gasteiger partial charge on any atom is 0.262 e. The lowest BCUT2D eigenvalue weighted by atomic mass is 10.0. The fraction of sp³-hybridized carbons (Fsp3) is 0.211. The van der Waals surface area contributed by atoms with Crippen LogP contribution in [0.2, 0.25) is 0 Å². The predicted molar refractivity (Wildman–Crippen MR) is 107 cm³/mol. The number of hydrogen-bond donors (Lipinski definition) is 2. The molecule has 156 valence electrons. The molecule has 11 nitrogen and oxygen atoms in total. The number of nitrogens with zero attached hydrogens (tertiary/aromatic N) is 5. The van der Waals surface area contributed by atoms with Gasteiger partial charge in [-0.15, -0.1) is 16.4 Å². The molecule has 5 rings (SSSR count). The average molecular weight is 437 g/mol. The van der Waals surface area contributed by atoms with Gasteiger partial charge in [0.05, 0.1) is 29.6 Å². The summed E-state index contributed by atoms with van der Waals surface area (Å²) >= 11 is 1.47. The van der Waals surface area contributed by atoms with Crippen molar-refractivity contribution < 1.29 is 19.2 Å². The number of anilines is 1. The van der Waals surface area contributed by atoms with E-state index in [1.165, 1.54) is 22.1 Å². The third kappa shape index (κ3) is 3.36. The van der Waals surface area contributed by atoms with Crippen molar-refractivity contribution >= 4 is 40.1 Å². The van der Waals surface area contributed by atoms with Crippen LogP contribution in [0.3, 0.4) is 0 Å². The SMILES string of the molecule is O=C1CCC(N2C(=O)c3ccc(-n4cc(CNc5nccs5)nn4)cc3C2=O)C(=O)N1. The third-order valence-electron chi connectivity index (χ3n) is 5.08. The quantitative estimate of drug-likeness (QED) is 0.557. The van der Waals surface area contributed by atoms with E-state index in [1.807, 2.05) is 5.38 Å². The minimum atomic E-state index is -0.997. The number of rotatable bonds is 5. The number of carbonyl (C=O) groups excluding carboxylic acids is 4. The van der Waals surface area contributed by atoms with Gasteiger partial charge < -0.3 is 5.32 Å². The first-order valence-corrected chi connectivity index (χ1v) is 10.3. The van der Waals surface area contributed by atoms with Gasteiger partial charge >= 0.3 is 0 Å². The molecule has 1 aromatic carbocycles. The van der Waals surface area contributed by atoms with Gasteiger partial charge in [-0.3, -0.25) is 29.4 Å². The summed E-state index contributed by atoms with van der Waals surface area (Å²) in [7, 11) is 0. The first-order chi connectivity index (χ1) is 15.0. The number of hydrogen-bond acceptors (Lipinski definition) is 9. The van der Waals surface area contributed by atoms with Crippen molar-refractivity contribution in [1.29, 1.82) is 0 Å². The molecule has 12 heteroatoms. The van der Waals surface area contributed by atoms with Crippen LogP contribution in [0.4, 0.5) is 5.13 Å². The van der Waals surface area contributed by atoms with Crippen LogP contribution in [-0.2, 0) is 16.1 Å². The van der Waals surface area contributed by atoms with Crippen LogP contribution in [0, 0.1) is 0 Å². The van der Waals surface area contributed by atoms with Crippen LogP contribution in [0.5, 0.6) is 0 Å². The normalized spacial score (nSPS) is 18.3. The van der Waals surface area contributed by atoms with E-state index in [-0.39, 0.29) is 24.0 Å². The molecule has 31 heavy (non-hydrogen) atoms. The van der Waals surface area contributed by atoms with E-state index >= 15 is 0 Å². The Bertz CT molecular complexity index is 1220. The fourth-order valence-electron chi connectivity index (χ4n) is 3.58. The first kappa shape index (κ1) is 19.1. The average Bonchev–Trinajstić information content (AvgIpc) is 3.49. The van der Waals surface area contributed by atoms with Crippen LogP contribution in [0.25, 0.3) is 5.69 Å². The number of nitrogens with one attached hydrogen (secondary N) is 2. The van der Waals surface area contributed by atoms with Crippen molar-refractivity contribution in [2.75, 3.05) is 5.32 Å². The number of thiazole rings is 1. The number of benzene rings is 1. The van der Waals surface area contributed by atoms with Gasteiger partial charge in [0.2, 0.25) is 11.8 Å². The van der Waals surface area contributed by atoms with Crippen molar-refractivity contribution in [3.63, 3.8) is 0 Å². The van der Waals surface area contributed by atoms with Gasteiger partial charge in [-0.1, -0.05) is 5.21 Å². The molecule has 0 aliphatic carbocycles. The standard InChI is InChI=1S/C19H15N7O4S/c27-15-4-3-14(16(28)22-15)26-17(29)12-2-1-11(7-13(12)18(26)30)25-9-10(23-24-25)8-21-19-20-5-6-31-19/h1-2,5-7,9,14H,3-4,8H2,(H,20,21)(H,22,27,28). The number of amides is 4. The van der Waals surface area contributed by atoms with Gasteiger partial charge in [-0.05, 0) is 24.6 Å². The molecule has 4 heterocycles. The Morgan fingerprint density at radius 2 is 2.00 bits per heavy atom. The number of imide groups is 2. The molecular weight excluding hydrogens is 422 g/mol. The second-order valence-electron chi connectivity index (χ2n) is 7.02. The zero-order valence-corrected chi connectivity index (χ0v) is 16.8. The Hall–Kier alpha value is -3.93. The fourth-order valence-corrected chi connectivity index (χ4v) is 4.11. The van der Waals surface area contributed by atoms with Gasteiger partial charge in [0.1, 0.15) is 11.7 Å². The van der Waals surface area contributed by atoms with E-state index in [0.29, 0.717) is 17.9 Å². The lowest BCUT2D eigenvalue weighted by Crippen LogP contribution is -2.54. The minimum absolute atomic E-state index is 0.0752. The molecule has 3 aromatic rings. The van der Waals surface area contributed by atoms with Crippen LogP contribution in [0.1, 0.15) is 39.3 Å². The summed E-state index contributed by atoms with van der Waals surface area (Å²) in [6.07, 6.45) is 3.60. The van der Waals surface area contributed by atoms with Crippen LogP contribution in [0.15, 0.2) is 36.0 Å². The van der Waals surface area contributed by atoms with Gasteiger partial charge in [0.25, 0.3) is 11.8 Å². The lowest BCUT2D eigenvalue weighted by molar-refractivity contribution is -0.136. The molecule has 2 aliphatic rings. The molecule has 0 radical (unpaired) electrons. The Morgan fingerprint density at radius 3 is 2.77 bits per heavy atom. The Kier molecular flexibility index (Phi) is 4.55. The Morgan fingerprint density at radius 1 is 1.16 bits per heavy atom. The maximum absolute atomic E-state index is 12.9. The zero-order valence-electron chi connectivity index (χ0n) is 15.9. The molecule has 1 saturated heterocycles. The minimum Gasteiger partial charge on any atom is -0.356 e. The summed E-state index contributed by atoms with van der Waals surface area (Å²) in [5, 5.41) is 16.1. The summed E-state index contributed by atoms with van der Waals surface area (Å²) in [4.78, 5) is 54.3. The largest absolute Gasteiger partial charge is 0.356 e. The molecule has 0 bridgehead atoms. The lowest BCUT2D eigenvalue weighted by Gasteiger charge is -2.27. The topological polar surface area (TPSA) is 139 Å². The molecule has 0 saturated carbocycles. The highest BCUT2D eigenvalue weighted by molar-refractivity contribution is 7.13. The molecule has 1 unspecified atom stereocenters. The van der Waals surface area contributed by atoms with E-state index in [2.05, 4.69) is 25.9 Å². The highest BCUT2D eigenvalue weighted by Crippen LogP contribution is 2.29. The highest BCUT2D eigenvalue weighted by atomic mass is 32.1. The molecule has 2 aromatic heterocycles. The summed E-state index contributed by atoms with van der Waals surface area (Å²) < 4.78 is 1.51.